The Bertz CT molecular complexity index is 304. The van der Waals surface area contributed by atoms with Gasteiger partial charge in [0.25, 0.3) is 0 Å². The maximum Gasteiger partial charge on any atom is 0.224 e. The Morgan fingerprint density at radius 2 is 2.60 bits per heavy atom. The molecule has 3 nitrogen and oxygen atoms in total. The molecule has 4 heteroatoms. The number of carbonyl (C=O) groups excluding carboxylic acids is 1. The third-order valence-corrected chi connectivity index (χ3v) is 3.38. The first-order chi connectivity index (χ1) is 7.34. The van der Waals surface area contributed by atoms with E-state index >= 15 is 0 Å². The van der Waals surface area contributed by atoms with E-state index in [9.17, 15) is 4.79 Å². The molecule has 1 fully saturated rings. The van der Waals surface area contributed by atoms with Gasteiger partial charge < -0.3 is 10.6 Å². The average molecular weight is 224 g/mol. The molecule has 0 aliphatic carbocycles. The van der Waals surface area contributed by atoms with Gasteiger partial charge in [0, 0.05) is 12.6 Å². The van der Waals surface area contributed by atoms with E-state index in [-0.39, 0.29) is 5.91 Å². The summed E-state index contributed by atoms with van der Waals surface area (Å²) in [7, 11) is 0. The van der Waals surface area contributed by atoms with Gasteiger partial charge in [-0.15, -0.1) is 0 Å². The lowest BCUT2D eigenvalue weighted by atomic mass is 10.2. The third kappa shape index (κ3) is 3.32. The Kier molecular flexibility index (Phi) is 3.75. The maximum absolute atomic E-state index is 11.5. The van der Waals surface area contributed by atoms with E-state index in [2.05, 4.69) is 10.6 Å². The summed E-state index contributed by atoms with van der Waals surface area (Å²) in [6.07, 6.45) is 2.92. The number of carbonyl (C=O) groups is 1. The topological polar surface area (TPSA) is 41.1 Å². The van der Waals surface area contributed by atoms with Crippen LogP contribution in [-0.4, -0.2) is 25.0 Å². The second kappa shape index (κ2) is 5.28. The van der Waals surface area contributed by atoms with E-state index in [0.717, 1.165) is 18.7 Å². The molecule has 1 aromatic rings. The van der Waals surface area contributed by atoms with Gasteiger partial charge in [-0.1, -0.05) is 0 Å². The van der Waals surface area contributed by atoms with Crippen molar-refractivity contribution in [2.24, 2.45) is 0 Å². The van der Waals surface area contributed by atoms with Crippen LogP contribution in [-0.2, 0) is 11.2 Å². The predicted molar refractivity (Wildman–Crippen MR) is 62.1 cm³/mol. The van der Waals surface area contributed by atoms with Gasteiger partial charge in [0.1, 0.15) is 0 Å². The van der Waals surface area contributed by atoms with Gasteiger partial charge in [-0.3, -0.25) is 4.79 Å². The minimum Gasteiger partial charge on any atom is -0.354 e. The Balaban J connectivity index is 1.68. The molecule has 2 N–H and O–H groups in total. The van der Waals surface area contributed by atoms with Crippen LogP contribution < -0.4 is 10.6 Å². The van der Waals surface area contributed by atoms with Crippen LogP contribution in [0.1, 0.15) is 18.4 Å². The third-order valence-electron chi connectivity index (χ3n) is 2.65. The van der Waals surface area contributed by atoms with Gasteiger partial charge in [0.15, 0.2) is 0 Å². The quantitative estimate of drug-likeness (QED) is 0.806. The SMILES string of the molecule is O=C(Cc1ccsc1)NCC1CCCN1. The summed E-state index contributed by atoms with van der Waals surface area (Å²) in [6, 6.07) is 2.48. The lowest BCUT2D eigenvalue weighted by Crippen LogP contribution is -2.37. The number of hydrogen-bond acceptors (Lipinski definition) is 3. The van der Waals surface area contributed by atoms with Gasteiger partial charge in [-0.2, -0.15) is 11.3 Å². The van der Waals surface area contributed by atoms with Gasteiger partial charge in [0.05, 0.1) is 6.42 Å². The molecule has 1 aliphatic heterocycles. The summed E-state index contributed by atoms with van der Waals surface area (Å²) in [5.74, 6) is 0.127. The van der Waals surface area contributed by atoms with Crippen LogP contribution in [0.4, 0.5) is 0 Å². The monoisotopic (exact) mass is 224 g/mol. The number of rotatable bonds is 4. The fourth-order valence-corrected chi connectivity index (χ4v) is 2.48. The normalized spacial score (nSPS) is 20.4. The predicted octanol–water partition coefficient (Wildman–Crippen LogP) is 1.16. The zero-order chi connectivity index (χ0) is 10.5. The van der Waals surface area contributed by atoms with E-state index < -0.39 is 0 Å². The van der Waals surface area contributed by atoms with Crippen molar-refractivity contribution >= 4 is 17.2 Å². The van der Waals surface area contributed by atoms with Crippen molar-refractivity contribution in [2.45, 2.75) is 25.3 Å². The summed E-state index contributed by atoms with van der Waals surface area (Å²) in [6.45, 7) is 1.86. The number of amides is 1. The van der Waals surface area contributed by atoms with E-state index in [1.807, 2.05) is 16.8 Å². The average Bonchev–Trinajstić information content (AvgIpc) is 2.86. The maximum atomic E-state index is 11.5. The van der Waals surface area contributed by atoms with E-state index in [4.69, 9.17) is 0 Å². The molecule has 15 heavy (non-hydrogen) atoms. The summed E-state index contributed by atoms with van der Waals surface area (Å²) in [5.41, 5.74) is 1.11. The van der Waals surface area contributed by atoms with Crippen LogP contribution in [0.25, 0.3) is 0 Å². The lowest BCUT2D eigenvalue weighted by Gasteiger charge is -2.10. The second-order valence-electron chi connectivity index (χ2n) is 3.91. The lowest BCUT2D eigenvalue weighted by molar-refractivity contribution is -0.120. The molecule has 2 rings (SSSR count). The molecule has 0 bridgehead atoms. The first-order valence-electron chi connectivity index (χ1n) is 5.36. The zero-order valence-corrected chi connectivity index (χ0v) is 9.48. The Morgan fingerprint density at radius 3 is 3.27 bits per heavy atom. The molecule has 82 valence electrons. The van der Waals surface area contributed by atoms with Crippen LogP contribution in [0.3, 0.4) is 0 Å². The van der Waals surface area contributed by atoms with Gasteiger partial charge in [0.2, 0.25) is 5.91 Å². The van der Waals surface area contributed by atoms with E-state index in [1.165, 1.54) is 12.8 Å². The van der Waals surface area contributed by atoms with Crippen molar-refractivity contribution in [1.29, 1.82) is 0 Å². The molecular weight excluding hydrogens is 208 g/mol. The number of hydrogen-bond donors (Lipinski definition) is 2. The van der Waals surface area contributed by atoms with Gasteiger partial charge >= 0.3 is 0 Å². The zero-order valence-electron chi connectivity index (χ0n) is 8.66. The summed E-state index contributed by atoms with van der Waals surface area (Å²) in [5, 5.41) is 10.3. The minimum absolute atomic E-state index is 0.127. The fourth-order valence-electron chi connectivity index (χ4n) is 1.81. The van der Waals surface area contributed by atoms with Crippen molar-refractivity contribution in [3.8, 4) is 0 Å². The molecule has 0 radical (unpaired) electrons. The van der Waals surface area contributed by atoms with E-state index in [1.54, 1.807) is 11.3 Å². The van der Waals surface area contributed by atoms with Crippen molar-refractivity contribution in [1.82, 2.24) is 10.6 Å². The molecule has 2 heterocycles. The van der Waals surface area contributed by atoms with Crippen molar-refractivity contribution < 1.29 is 4.79 Å². The smallest absolute Gasteiger partial charge is 0.224 e. The highest BCUT2D eigenvalue weighted by atomic mass is 32.1. The second-order valence-corrected chi connectivity index (χ2v) is 4.69. The highest BCUT2D eigenvalue weighted by Crippen LogP contribution is 2.07. The van der Waals surface area contributed by atoms with Crippen LogP contribution >= 0.6 is 11.3 Å². The van der Waals surface area contributed by atoms with Crippen molar-refractivity contribution in [2.75, 3.05) is 13.1 Å². The number of nitrogens with one attached hydrogen (secondary N) is 2. The summed E-state index contributed by atoms with van der Waals surface area (Å²) >= 11 is 1.63. The molecule has 1 atom stereocenters. The standard InChI is InChI=1S/C11H16N2OS/c14-11(6-9-3-5-15-8-9)13-7-10-2-1-4-12-10/h3,5,8,10,12H,1-2,4,6-7H2,(H,13,14). The largest absolute Gasteiger partial charge is 0.354 e. The Labute approximate surface area is 93.9 Å². The molecule has 0 saturated carbocycles. The van der Waals surface area contributed by atoms with E-state index in [0.29, 0.717) is 12.5 Å². The molecule has 1 aromatic heterocycles. The molecule has 1 saturated heterocycles. The molecule has 1 aliphatic rings. The highest BCUT2D eigenvalue weighted by molar-refractivity contribution is 7.07. The van der Waals surface area contributed by atoms with Crippen molar-refractivity contribution in [3.63, 3.8) is 0 Å². The molecule has 0 spiro atoms. The molecule has 1 amide bonds. The summed E-state index contributed by atoms with van der Waals surface area (Å²) < 4.78 is 0. The minimum atomic E-state index is 0.127. The van der Waals surface area contributed by atoms with Crippen LogP contribution in [0.2, 0.25) is 0 Å². The molecular formula is C11H16N2OS. The molecule has 1 unspecified atom stereocenters. The Hall–Kier alpha value is -0.870. The first-order valence-corrected chi connectivity index (χ1v) is 6.30. The van der Waals surface area contributed by atoms with Crippen LogP contribution in [0, 0.1) is 0 Å². The van der Waals surface area contributed by atoms with Gasteiger partial charge in [-0.05, 0) is 41.8 Å². The first kappa shape index (κ1) is 10.6. The summed E-state index contributed by atoms with van der Waals surface area (Å²) in [4.78, 5) is 11.5. The van der Waals surface area contributed by atoms with Crippen molar-refractivity contribution in [3.05, 3.63) is 22.4 Å². The van der Waals surface area contributed by atoms with Crippen LogP contribution in [0.15, 0.2) is 16.8 Å². The van der Waals surface area contributed by atoms with Gasteiger partial charge in [-0.25, -0.2) is 0 Å². The fraction of sp³-hybridized carbons (Fsp3) is 0.545. The Morgan fingerprint density at radius 1 is 1.67 bits per heavy atom. The van der Waals surface area contributed by atoms with Crippen LogP contribution in [0.5, 0.6) is 0 Å². The number of thiophene rings is 1. The molecule has 0 aromatic carbocycles. The highest BCUT2D eigenvalue weighted by Gasteiger charge is 2.14.